The van der Waals surface area contributed by atoms with Crippen LogP contribution in [0, 0.1) is 5.92 Å². The van der Waals surface area contributed by atoms with E-state index in [0.29, 0.717) is 0 Å². The first kappa shape index (κ1) is 14.5. The van der Waals surface area contributed by atoms with Gasteiger partial charge in [0.2, 0.25) is 0 Å². The molecule has 1 heterocycles. The molecule has 0 aliphatic rings. The number of aliphatic hydroxyl groups excluding tert-OH is 1. The lowest BCUT2D eigenvalue weighted by molar-refractivity contribution is 0.100. The van der Waals surface area contributed by atoms with Gasteiger partial charge in [-0.15, -0.1) is 11.3 Å². The molecule has 0 saturated heterocycles. The molecule has 0 saturated carbocycles. The van der Waals surface area contributed by atoms with E-state index in [-0.39, 0.29) is 5.92 Å². The molecule has 2 atom stereocenters. The lowest BCUT2D eigenvalue weighted by atomic mass is 9.96. The predicted molar refractivity (Wildman–Crippen MR) is 92.0 cm³/mol. The van der Waals surface area contributed by atoms with Gasteiger partial charge in [-0.25, -0.2) is 0 Å². The SMILES string of the molecule is CC(CN(C)C)C(O)c1ccc2sc3ccccc3c2c1. The van der Waals surface area contributed by atoms with E-state index in [4.69, 9.17) is 0 Å². The van der Waals surface area contributed by atoms with Crippen molar-refractivity contribution in [2.24, 2.45) is 5.92 Å². The first-order chi connectivity index (χ1) is 10.1. The predicted octanol–water partition coefficient (Wildman–Crippen LogP) is 4.29. The fourth-order valence-corrected chi connectivity index (χ4v) is 4.02. The number of hydrogen-bond acceptors (Lipinski definition) is 3. The van der Waals surface area contributed by atoms with E-state index in [9.17, 15) is 5.11 Å². The summed E-state index contributed by atoms with van der Waals surface area (Å²) in [5, 5.41) is 13.1. The van der Waals surface area contributed by atoms with Crippen molar-refractivity contribution in [2.75, 3.05) is 20.6 Å². The van der Waals surface area contributed by atoms with Crippen molar-refractivity contribution >= 4 is 31.5 Å². The summed E-state index contributed by atoms with van der Waals surface area (Å²) in [4.78, 5) is 2.12. The summed E-state index contributed by atoms with van der Waals surface area (Å²) in [5.74, 6) is 0.211. The van der Waals surface area contributed by atoms with Crippen molar-refractivity contribution in [3.8, 4) is 0 Å². The molecule has 0 aliphatic carbocycles. The number of benzene rings is 2. The van der Waals surface area contributed by atoms with Crippen molar-refractivity contribution in [3.05, 3.63) is 48.0 Å². The summed E-state index contributed by atoms with van der Waals surface area (Å²) in [6, 6.07) is 14.8. The van der Waals surface area contributed by atoms with Crippen molar-refractivity contribution in [3.63, 3.8) is 0 Å². The van der Waals surface area contributed by atoms with Gasteiger partial charge in [0.15, 0.2) is 0 Å². The zero-order valence-electron chi connectivity index (χ0n) is 12.7. The molecule has 0 bridgehead atoms. The highest BCUT2D eigenvalue weighted by Gasteiger charge is 2.18. The van der Waals surface area contributed by atoms with Crippen molar-refractivity contribution < 1.29 is 5.11 Å². The summed E-state index contributed by atoms with van der Waals surface area (Å²) < 4.78 is 2.59. The highest BCUT2D eigenvalue weighted by Crippen LogP contribution is 2.36. The minimum absolute atomic E-state index is 0.211. The monoisotopic (exact) mass is 299 g/mol. The summed E-state index contributed by atoms with van der Waals surface area (Å²) in [6.45, 7) is 2.98. The summed E-state index contributed by atoms with van der Waals surface area (Å²) in [6.07, 6.45) is -0.421. The molecule has 1 N–H and O–H groups in total. The largest absolute Gasteiger partial charge is 0.388 e. The van der Waals surface area contributed by atoms with Crippen molar-refractivity contribution in [1.29, 1.82) is 0 Å². The average molecular weight is 299 g/mol. The Morgan fingerprint density at radius 3 is 2.52 bits per heavy atom. The molecule has 0 spiro atoms. The van der Waals surface area contributed by atoms with Crippen molar-refractivity contribution in [2.45, 2.75) is 13.0 Å². The molecule has 3 heteroatoms. The Morgan fingerprint density at radius 1 is 1.05 bits per heavy atom. The van der Waals surface area contributed by atoms with Gasteiger partial charge in [-0.05, 0) is 43.8 Å². The second-order valence-corrected chi connectivity index (χ2v) is 7.12. The van der Waals surface area contributed by atoms with Gasteiger partial charge in [-0.1, -0.05) is 31.2 Å². The number of hydrogen-bond donors (Lipinski definition) is 1. The average Bonchev–Trinajstić information content (AvgIpc) is 2.83. The second-order valence-electron chi connectivity index (χ2n) is 6.04. The van der Waals surface area contributed by atoms with E-state index in [1.807, 2.05) is 25.4 Å². The lowest BCUT2D eigenvalue weighted by Crippen LogP contribution is -2.24. The van der Waals surface area contributed by atoms with Crippen LogP contribution in [0.1, 0.15) is 18.6 Å². The Labute approximate surface area is 129 Å². The van der Waals surface area contributed by atoms with Gasteiger partial charge >= 0.3 is 0 Å². The van der Waals surface area contributed by atoms with Gasteiger partial charge in [0.25, 0.3) is 0 Å². The van der Waals surface area contributed by atoms with Crippen LogP contribution in [0.4, 0.5) is 0 Å². The van der Waals surface area contributed by atoms with Crippen LogP contribution in [-0.4, -0.2) is 30.6 Å². The third kappa shape index (κ3) is 2.82. The van der Waals surface area contributed by atoms with Crippen LogP contribution >= 0.6 is 11.3 Å². The minimum Gasteiger partial charge on any atom is -0.388 e. The summed E-state index contributed by atoms with van der Waals surface area (Å²) in [5.41, 5.74) is 1.01. The maximum absolute atomic E-state index is 10.6. The van der Waals surface area contributed by atoms with Crippen LogP contribution < -0.4 is 0 Å². The zero-order chi connectivity index (χ0) is 15.0. The molecule has 110 valence electrons. The molecule has 21 heavy (non-hydrogen) atoms. The summed E-state index contributed by atoms with van der Waals surface area (Å²) in [7, 11) is 4.08. The highest BCUT2D eigenvalue weighted by atomic mass is 32.1. The first-order valence-electron chi connectivity index (χ1n) is 7.30. The molecule has 0 fully saturated rings. The fraction of sp³-hybridized carbons (Fsp3) is 0.333. The second kappa shape index (κ2) is 5.76. The summed E-state index contributed by atoms with van der Waals surface area (Å²) >= 11 is 1.81. The first-order valence-corrected chi connectivity index (χ1v) is 8.12. The maximum Gasteiger partial charge on any atom is 0.0828 e. The van der Waals surface area contributed by atoms with Crippen LogP contribution in [0.25, 0.3) is 20.2 Å². The molecular formula is C18H21NOS. The zero-order valence-corrected chi connectivity index (χ0v) is 13.5. The Kier molecular flexibility index (Phi) is 3.98. The standard InChI is InChI=1S/C18H21NOS/c1-12(11-19(2)3)18(20)13-8-9-17-15(10-13)14-6-4-5-7-16(14)21-17/h4-10,12,18,20H,11H2,1-3H3. The van der Waals surface area contributed by atoms with E-state index in [1.54, 1.807) is 0 Å². The van der Waals surface area contributed by atoms with Crippen LogP contribution in [0.2, 0.25) is 0 Å². The molecular weight excluding hydrogens is 278 g/mol. The fourth-order valence-electron chi connectivity index (χ4n) is 2.93. The van der Waals surface area contributed by atoms with Gasteiger partial charge in [0, 0.05) is 26.7 Å². The van der Waals surface area contributed by atoms with Gasteiger partial charge in [0.1, 0.15) is 0 Å². The van der Waals surface area contributed by atoms with Gasteiger partial charge in [0.05, 0.1) is 6.10 Å². The number of rotatable bonds is 4. The van der Waals surface area contributed by atoms with Crippen LogP contribution in [0.3, 0.4) is 0 Å². The third-order valence-corrected chi connectivity index (χ3v) is 5.09. The molecule has 2 unspecified atom stereocenters. The molecule has 2 nitrogen and oxygen atoms in total. The Morgan fingerprint density at radius 2 is 1.76 bits per heavy atom. The minimum atomic E-state index is -0.421. The Balaban J connectivity index is 2.02. The van der Waals surface area contributed by atoms with E-state index >= 15 is 0 Å². The maximum atomic E-state index is 10.6. The molecule has 3 rings (SSSR count). The number of fused-ring (bicyclic) bond motifs is 3. The van der Waals surface area contributed by atoms with E-state index in [2.05, 4.69) is 54.3 Å². The van der Waals surface area contributed by atoms with Crippen LogP contribution in [-0.2, 0) is 0 Å². The van der Waals surface area contributed by atoms with E-state index in [0.717, 1.165) is 12.1 Å². The molecule has 0 aliphatic heterocycles. The topological polar surface area (TPSA) is 23.5 Å². The van der Waals surface area contributed by atoms with Crippen LogP contribution in [0.5, 0.6) is 0 Å². The molecule has 0 radical (unpaired) electrons. The van der Waals surface area contributed by atoms with E-state index in [1.165, 1.54) is 20.2 Å². The van der Waals surface area contributed by atoms with Gasteiger partial charge in [-0.2, -0.15) is 0 Å². The molecule has 2 aromatic carbocycles. The quantitative estimate of drug-likeness (QED) is 0.777. The molecule has 3 aromatic rings. The van der Waals surface area contributed by atoms with Gasteiger partial charge < -0.3 is 10.0 Å². The van der Waals surface area contributed by atoms with Crippen LogP contribution in [0.15, 0.2) is 42.5 Å². The van der Waals surface area contributed by atoms with E-state index < -0.39 is 6.10 Å². The third-order valence-electron chi connectivity index (χ3n) is 3.93. The van der Waals surface area contributed by atoms with Gasteiger partial charge in [-0.3, -0.25) is 0 Å². The molecule has 0 amide bonds. The number of aliphatic hydroxyl groups is 1. The smallest absolute Gasteiger partial charge is 0.0828 e. The number of thiophene rings is 1. The highest BCUT2D eigenvalue weighted by molar-refractivity contribution is 7.25. The Bertz CT molecular complexity index is 762. The molecule has 1 aromatic heterocycles. The lowest BCUT2D eigenvalue weighted by Gasteiger charge is -2.22. The Hall–Kier alpha value is -1.42. The number of nitrogens with zero attached hydrogens (tertiary/aromatic N) is 1. The normalized spacial score (nSPS) is 14.9. The van der Waals surface area contributed by atoms with Crippen molar-refractivity contribution in [1.82, 2.24) is 4.90 Å².